The fourth-order valence-corrected chi connectivity index (χ4v) is 6.30. The number of halogens is 2. The third kappa shape index (κ3) is 2.21. The summed E-state index contributed by atoms with van der Waals surface area (Å²) in [6.07, 6.45) is 1.52. The Kier molecular flexibility index (Phi) is 4.34. The molecule has 148 valence electrons. The van der Waals surface area contributed by atoms with E-state index in [9.17, 15) is 0 Å². The van der Waals surface area contributed by atoms with Crippen LogP contribution in [0.25, 0.3) is 5.57 Å². The van der Waals surface area contributed by atoms with Crippen LogP contribution in [0.2, 0.25) is 0 Å². The first-order chi connectivity index (χ1) is 13.2. The van der Waals surface area contributed by atoms with E-state index in [1.165, 1.54) is 8.96 Å². The number of allylic oxidation sites excluding steroid dienone is 2. The van der Waals surface area contributed by atoms with Gasteiger partial charge in [-0.05, 0) is 74.4 Å². The lowest BCUT2D eigenvalue weighted by Gasteiger charge is -2.33. The van der Waals surface area contributed by atoms with Crippen LogP contribution < -0.4 is 0 Å². The Morgan fingerprint density at radius 1 is 1.07 bits per heavy atom. The number of hydrogen-bond acceptors (Lipinski definition) is 1. The van der Waals surface area contributed by atoms with E-state index in [0.717, 1.165) is 51.1 Å². The molecule has 0 amide bonds. The second-order valence-electron chi connectivity index (χ2n) is 7.92. The molecule has 0 atom stereocenters. The molecular weight excluding hydrogens is 373 g/mol. The Morgan fingerprint density at radius 2 is 1.75 bits per heavy atom. The van der Waals surface area contributed by atoms with Crippen molar-refractivity contribution in [3.8, 4) is 0 Å². The molecule has 0 aliphatic carbocycles. The molecule has 2 aromatic rings. The number of nitrogens with zero attached hydrogens (tertiary/aromatic N) is 2. The number of aryl methyl sites for hydroxylation is 1. The fourth-order valence-electron chi connectivity index (χ4n) is 5.32. The van der Waals surface area contributed by atoms with E-state index in [1.54, 1.807) is 11.3 Å². The maximum atomic E-state index is 16.1. The summed E-state index contributed by atoms with van der Waals surface area (Å²) >= 11 is 1.64. The van der Waals surface area contributed by atoms with Crippen molar-refractivity contribution < 1.29 is 13.1 Å². The van der Waals surface area contributed by atoms with Gasteiger partial charge in [-0.2, -0.15) is 0 Å². The summed E-state index contributed by atoms with van der Waals surface area (Å²) in [5.74, 6) is 0. The molecule has 2 aliphatic rings. The molecule has 0 N–H and O–H groups in total. The zero-order valence-corrected chi connectivity index (χ0v) is 18.5. The van der Waals surface area contributed by atoms with Crippen LogP contribution in [0.15, 0.2) is 28.3 Å². The van der Waals surface area contributed by atoms with Crippen LogP contribution in [0.1, 0.15) is 67.1 Å². The molecule has 4 heterocycles. The predicted octanol–water partition coefficient (Wildman–Crippen LogP) is 6.25. The molecule has 6 heteroatoms. The first-order valence-corrected chi connectivity index (χ1v) is 10.9. The van der Waals surface area contributed by atoms with Crippen molar-refractivity contribution >= 4 is 29.6 Å². The van der Waals surface area contributed by atoms with Crippen LogP contribution in [-0.2, 0) is 6.42 Å². The van der Waals surface area contributed by atoms with E-state index in [4.69, 9.17) is 0 Å². The quantitative estimate of drug-likeness (QED) is 0.539. The van der Waals surface area contributed by atoms with Crippen molar-refractivity contribution in [3.63, 3.8) is 0 Å². The molecule has 0 unspecified atom stereocenters. The molecule has 0 fully saturated rings. The van der Waals surface area contributed by atoms with E-state index in [1.807, 2.05) is 27.7 Å². The first-order valence-electron chi connectivity index (χ1n) is 10.0. The van der Waals surface area contributed by atoms with Gasteiger partial charge in [-0.15, -0.1) is 11.3 Å². The molecule has 0 saturated carbocycles. The van der Waals surface area contributed by atoms with Gasteiger partial charge >= 0.3 is 6.97 Å². The van der Waals surface area contributed by atoms with Crippen molar-refractivity contribution in [3.05, 3.63) is 61.2 Å². The average molecular weight is 400 g/mol. The van der Waals surface area contributed by atoms with Gasteiger partial charge in [0.25, 0.3) is 0 Å². The van der Waals surface area contributed by atoms with Crippen molar-refractivity contribution in [1.29, 1.82) is 0 Å². The summed E-state index contributed by atoms with van der Waals surface area (Å²) in [6, 6.07) is 2.08. The summed E-state index contributed by atoms with van der Waals surface area (Å²) in [4.78, 5) is 1.10. The van der Waals surface area contributed by atoms with Crippen LogP contribution in [0.5, 0.6) is 0 Å². The molecule has 0 spiro atoms. The minimum Gasteiger partial charge on any atom is -0.393 e. The highest BCUT2D eigenvalue weighted by Gasteiger charge is 2.56. The molecule has 4 rings (SSSR count). The van der Waals surface area contributed by atoms with E-state index < -0.39 is 6.97 Å². The molecular formula is C22H27BF2N2S. The minimum absolute atomic E-state index is 0.696. The number of thiophene rings is 1. The van der Waals surface area contributed by atoms with Crippen molar-refractivity contribution in [2.45, 2.75) is 61.3 Å². The van der Waals surface area contributed by atoms with E-state index in [0.29, 0.717) is 22.8 Å². The van der Waals surface area contributed by atoms with Gasteiger partial charge in [0.1, 0.15) is 5.71 Å². The van der Waals surface area contributed by atoms with Crippen LogP contribution in [-0.4, -0.2) is 21.6 Å². The molecule has 0 bridgehead atoms. The second kappa shape index (κ2) is 6.28. The molecule has 0 aromatic carbocycles. The highest BCUT2D eigenvalue weighted by Crippen LogP contribution is 2.48. The van der Waals surface area contributed by atoms with Crippen LogP contribution in [0.3, 0.4) is 0 Å². The second-order valence-corrected chi connectivity index (χ2v) is 8.83. The Hall–Kier alpha value is -1.95. The third-order valence-corrected chi connectivity index (χ3v) is 7.62. The Labute approximate surface area is 170 Å². The summed E-state index contributed by atoms with van der Waals surface area (Å²) < 4.78 is 34.8. The van der Waals surface area contributed by atoms with Gasteiger partial charge in [0, 0.05) is 28.6 Å². The van der Waals surface area contributed by atoms with E-state index in [2.05, 4.69) is 32.2 Å². The topological polar surface area (TPSA) is 7.94 Å². The Bertz CT molecular complexity index is 1110. The summed E-state index contributed by atoms with van der Waals surface area (Å²) in [5.41, 5.74) is 8.99. The molecule has 2 nitrogen and oxygen atoms in total. The fraction of sp³-hybridized carbons (Fsp3) is 0.409. The largest absolute Gasteiger partial charge is 0.737 e. The summed E-state index contributed by atoms with van der Waals surface area (Å²) in [7, 11) is 0. The first kappa shape index (κ1) is 19.4. The smallest absolute Gasteiger partial charge is 0.393 e. The Morgan fingerprint density at radius 3 is 2.29 bits per heavy atom. The van der Waals surface area contributed by atoms with E-state index in [-0.39, 0.29) is 0 Å². The third-order valence-electron chi connectivity index (χ3n) is 6.58. The van der Waals surface area contributed by atoms with Crippen LogP contribution in [0, 0.1) is 20.8 Å². The molecule has 0 saturated heterocycles. The van der Waals surface area contributed by atoms with Crippen molar-refractivity contribution in [1.82, 2.24) is 4.48 Å². The summed E-state index contributed by atoms with van der Waals surface area (Å²) in [6.45, 7) is 9.95. The van der Waals surface area contributed by atoms with Gasteiger partial charge in [-0.25, -0.2) is 0 Å². The van der Waals surface area contributed by atoms with Gasteiger partial charge in [0.15, 0.2) is 5.70 Å². The normalized spacial score (nSPS) is 18.3. The Balaban J connectivity index is 2.25. The van der Waals surface area contributed by atoms with Gasteiger partial charge in [0.2, 0.25) is 0 Å². The molecule has 2 aliphatic heterocycles. The summed E-state index contributed by atoms with van der Waals surface area (Å²) in [5, 5.41) is 2.06. The lowest BCUT2D eigenvalue weighted by atomic mass is 9.85. The van der Waals surface area contributed by atoms with Gasteiger partial charge in [-0.3, -0.25) is 0 Å². The molecule has 0 radical (unpaired) electrons. The molecule has 28 heavy (non-hydrogen) atoms. The van der Waals surface area contributed by atoms with Gasteiger partial charge in [-0.1, -0.05) is 13.8 Å². The number of aromatic nitrogens is 1. The minimum atomic E-state index is -3.93. The highest BCUT2D eigenvalue weighted by atomic mass is 32.1. The average Bonchev–Trinajstić information content (AvgIpc) is 3.24. The highest BCUT2D eigenvalue weighted by molar-refractivity contribution is 7.11. The zero-order valence-electron chi connectivity index (χ0n) is 17.7. The number of hydrogen-bond donors (Lipinski definition) is 0. The lowest BCUT2D eigenvalue weighted by Crippen LogP contribution is -2.51. The zero-order chi connectivity index (χ0) is 20.5. The van der Waals surface area contributed by atoms with Gasteiger partial charge in [0.05, 0.1) is 5.57 Å². The number of fused-ring (bicyclic) bond motifs is 2. The van der Waals surface area contributed by atoms with E-state index >= 15 is 8.63 Å². The predicted molar refractivity (Wildman–Crippen MR) is 116 cm³/mol. The maximum absolute atomic E-state index is 16.1. The maximum Gasteiger partial charge on any atom is 0.737 e. The standard InChI is InChI=1S/C22H27BF2N2S/c1-8-17-13(4)20-19(22-12(3)10-11-28-22)21-14(5)18(9-2)16(7)27(21)23(24,25)26(20)15(17)6/h10-11H,8-9H2,1-7H3. The monoisotopic (exact) mass is 400 g/mol. The van der Waals surface area contributed by atoms with Crippen molar-refractivity contribution in [2.75, 3.05) is 0 Å². The van der Waals surface area contributed by atoms with Crippen LogP contribution >= 0.6 is 11.3 Å². The van der Waals surface area contributed by atoms with Crippen LogP contribution in [0.4, 0.5) is 8.63 Å². The van der Waals surface area contributed by atoms with Crippen molar-refractivity contribution in [2.24, 2.45) is 0 Å². The SMILES string of the molecule is CCC1=C(C)C2=C(c3sccc3C)c3c(C)c(CC)c(C)n3[B-](F)(F)[N+]2=C1C. The lowest BCUT2D eigenvalue weighted by molar-refractivity contribution is -0.363. The number of rotatable bonds is 3. The molecule has 2 aromatic heterocycles. The van der Waals surface area contributed by atoms with Gasteiger partial charge < -0.3 is 17.6 Å².